The van der Waals surface area contributed by atoms with Gasteiger partial charge in [-0.1, -0.05) is 29.3 Å². The molecule has 10 heteroatoms. The summed E-state index contributed by atoms with van der Waals surface area (Å²) in [7, 11) is 0. The van der Waals surface area contributed by atoms with Gasteiger partial charge in [-0.25, -0.2) is 0 Å². The Balaban J connectivity index is 1.99. The maximum atomic E-state index is 12.7. The zero-order chi connectivity index (χ0) is 21.7. The molecule has 0 radical (unpaired) electrons. The van der Waals surface area contributed by atoms with Gasteiger partial charge in [-0.3, -0.25) is 14.9 Å². The van der Waals surface area contributed by atoms with E-state index in [0.29, 0.717) is 37.6 Å². The van der Waals surface area contributed by atoms with Crippen LogP contribution in [0.5, 0.6) is 0 Å². The van der Waals surface area contributed by atoms with Crippen LogP contribution in [-0.4, -0.2) is 37.1 Å². The normalized spacial score (nSPS) is 14.2. The van der Waals surface area contributed by atoms with Gasteiger partial charge in [0.25, 0.3) is 11.6 Å². The highest BCUT2D eigenvalue weighted by atomic mass is 35.5. The summed E-state index contributed by atoms with van der Waals surface area (Å²) in [4.78, 5) is 25.3. The van der Waals surface area contributed by atoms with Crippen LogP contribution < -0.4 is 10.2 Å². The number of nitriles is 1. The SMILES string of the molecule is N#C/C(=C\c1cc([N+](=O)[O-])ccc1N1CCOCC1)C(=O)Nc1c(Cl)cccc1Cl. The fourth-order valence-corrected chi connectivity index (χ4v) is 3.46. The van der Waals surface area contributed by atoms with E-state index in [2.05, 4.69) is 5.32 Å². The number of amides is 1. The van der Waals surface area contributed by atoms with Crippen LogP contribution in [0.25, 0.3) is 6.08 Å². The number of morpholine rings is 1. The minimum Gasteiger partial charge on any atom is -0.378 e. The van der Waals surface area contributed by atoms with Crippen LogP contribution in [0.1, 0.15) is 5.56 Å². The number of nitro groups is 1. The molecule has 8 nitrogen and oxygen atoms in total. The molecule has 0 aliphatic carbocycles. The van der Waals surface area contributed by atoms with E-state index < -0.39 is 10.8 Å². The van der Waals surface area contributed by atoms with Crippen molar-refractivity contribution in [3.8, 4) is 6.07 Å². The first-order chi connectivity index (χ1) is 14.4. The van der Waals surface area contributed by atoms with Gasteiger partial charge in [0.05, 0.1) is 33.9 Å². The highest BCUT2D eigenvalue weighted by Crippen LogP contribution is 2.31. The molecule has 0 saturated carbocycles. The molecule has 1 aliphatic heterocycles. The van der Waals surface area contributed by atoms with Gasteiger partial charge in [0.1, 0.15) is 11.6 Å². The summed E-state index contributed by atoms with van der Waals surface area (Å²) in [5.41, 5.74) is 0.828. The van der Waals surface area contributed by atoms with Crippen LogP contribution in [0.3, 0.4) is 0 Å². The fourth-order valence-electron chi connectivity index (χ4n) is 2.97. The second-order valence-corrected chi connectivity index (χ2v) is 7.13. The van der Waals surface area contributed by atoms with Crippen LogP contribution >= 0.6 is 23.2 Å². The Morgan fingerprint density at radius 2 is 1.90 bits per heavy atom. The number of rotatable bonds is 5. The van der Waals surface area contributed by atoms with Gasteiger partial charge >= 0.3 is 0 Å². The zero-order valence-electron chi connectivity index (χ0n) is 15.6. The predicted octanol–water partition coefficient (Wildman–Crippen LogP) is 4.28. The van der Waals surface area contributed by atoms with Gasteiger partial charge in [0, 0.05) is 36.5 Å². The highest BCUT2D eigenvalue weighted by molar-refractivity contribution is 6.40. The van der Waals surface area contributed by atoms with Gasteiger partial charge in [-0.05, 0) is 24.3 Å². The molecule has 1 fully saturated rings. The second-order valence-electron chi connectivity index (χ2n) is 6.32. The van der Waals surface area contributed by atoms with Gasteiger partial charge < -0.3 is 15.0 Å². The quantitative estimate of drug-likeness (QED) is 0.317. The number of benzene rings is 2. The standard InChI is InChI=1S/C20H16Cl2N4O4/c21-16-2-1-3-17(22)19(16)24-20(27)14(12-23)10-13-11-15(26(28)29)4-5-18(13)25-6-8-30-9-7-25/h1-5,10-11H,6-9H2,(H,24,27)/b14-10+. The summed E-state index contributed by atoms with van der Waals surface area (Å²) in [5.74, 6) is -0.730. The lowest BCUT2D eigenvalue weighted by molar-refractivity contribution is -0.384. The maximum Gasteiger partial charge on any atom is 0.270 e. The van der Waals surface area contributed by atoms with E-state index >= 15 is 0 Å². The number of nitrogens with one attached hydrogen (secondary N) is 1. The molecule has 0 spiro atoms. The average Bonchev–Trinajstić information content (AvgIpc) is 2.75. The third-order valence-corrected chi connectivity index (χ3v) is 5.07. The zero-order valence-corrected chi connectivity index (χ0v) is 17.1. The molecule has 2 aromatic carbocycles. The number of carbonyl (C=O) groups excluding carboxylic acids is 1. The lowest BCUT2D eigenvalue weighted by Gasteiger charge is -2.30. The maximum absolute atomic E-state index is 12.7. The summed E-state index contributed by atoms with van der Waals surface area (Å²) in [6, 6.07) is 10.9. The molecule has 0 atom stereocenters. The van der Waals surface area contributed by atoms with Crippen molar-refractivity contribution in [1.29, 1.82) is 5.26 Å². The smallest absolute Gasteiger partial charge is 0.270 e. The number of anilines is 2. The summed E-state index contributed by atoms with van der Waals surface area (Å²) < 4.78 is 5.35. The first-order valence-electron chi connectivity index (χ1n) is 8.89. The molecular formula is C20H16Cl2N4O4. The number of carbonyl (C=O) groups is 1. The molecule has 30 heavy (non-hydrogen) atoms. The Morgan fingerprint density at radius 3 is 2.50 bits per heavy atom. The van der Waals surface area contributed by atoms with E-state index in [1.807, 2.05) is 11.0 Å². The molecule has 1 amide bonds. The van der Waals surface area contributed by atoms with Crippen LogP contribution in [-0.2, 0) is 9.53 Å². The Labute approximate surface area is 182 Å². The van der Waals surface area contributed by atoms with Crippen molar-refractivity contribution in [3.63, 3.8) is 0 Å². The van der Waals surface area contributed by atoms with Gasteiger partial charge in [-0.15, -0.1) is 0 Å². The van der Waals surface area contributed by atoms with Crippen LogP contribution in [0.2, 0.25) is 10.0 Å². The van der Waals surface area contributed by atoms with Crippen molar-refractivity contribution >= 4 is 52.2 Å². The van der Waals surface area contributed by atoms with Crippen LogP contribution in [0.4, 0.5) is 17.1 Å². The van der Waals surface area contributed by atoms with E-state index in [-0.39, 0.29) is 27.0 Å². The lowest BCUT2D eigenvalue weighted by atomic mass is 10.1. The molecule has 0 aromatic heterocycles. The van der Waals surface area contributed by atoms with Crippen molar-refractivity contribution in [3.05, 3.63) is 67.7 Å². The summed E-state index contributed by atoms with van der Waals surface area (Å²) in [5, 5.41) is 23.7. The Kier molecular flexibility index (Phi) is 6.90. The third kappa shape index (κ3) is 4.89. The number of nitrogens with zero attached hydrogens (tertiary/aromatic N) is 3. The molecule has 3 rings (SSSR count). The van der Waals surface area contributed by atoms with Crippen molar-refractivity contribution < 1.29 is 14.5 Å². The van der Waals surface area contributed by atoms with E-state index in [1.165, 1.54) is 18.2 Å². The van der Waals surface area contributed by atoms with E-state index in [4.69, 9.17) is 27.9 Å². The van der Waals surface area contributed by atoms with E-state index in [9.17, 15) is 20.2 Å². The molecule has 154 valence electrons. The average molecular weight is 447 g/mol. The number of nitro benzene ring substituents is 1. The molecule has 0 bridgehead atoms. The van der Waals surface area contributed by atoms with Crippen molar-refractivity contribution in [1.82, 2.24) is 0 Å². The van der Waals surface area contributed by atoms with Crippen molar-refractivity contribution in [2.24, 2.45) is 0 Å². The van der Waals surface area contributed by atoms with Gasteiger partial charge in [-0.2, -0.15) is 5.26 Å². The number of ether oxygens (including phenoxy) is 1. The van der Waals surface area contributed by atoms with Crippen LogP contribution in [0, 0.1) is 21.4 Å². The largest absolute Gasteiger partial charge is 0.378 e. The number of hydrogen-bond donors (Lipinski definition) is 1. The Hall–Kier alpha value is -3.12. The number of halogens is 2. The monoisotopic (exact) mass is 446 g/mol. The van der Waals surface area contributed by atoms with Crippen LogP contribution in [0.15, 0.2) is 42.0 Å². The molecule has 1 aliphatic rings. The summed E-state index contributed by atoms with van der Waals surface area (Å²) >= 11 is 12.1. The first-order valence-corrected chi connectivity index (χ1v) is 9.64. The first kappa shape index (κ1) is 21.6. The minimum atomic E-state index is -0.730. The third-order valence-electron chi connectivity index (χ3n) is 4.44. The molecule has 1 saturated heterocycles. The van der Waals surface area contributed by atoms with E-state index in [1.54, 1.807) is 24.3 Å². The number of hydrogen-bond acceptors (Lipinski definition) is 6. The van der Waals surface area contributed by atoms with Crippen molar-refractivity contribution in [2.45, 2.75) is 0 Å². The predicted molar refractivity (Wildman–Crippen MR) is 115 cm³/mol. The minimum absolute atomic E-state index is 0.148. The molecule has 0 unspecified atom stereocenters. The summed E-state index contributed by atoms with van der Waals surface area (Å²) in [6.07, 6.45) is 1.32. The Morgan fingerprint density at radius 1 is 1.23 bits per heavy atom. The fraction of sp³-hybridized carbons (Fsp3) is 0.200. The Bertz CT molecular complexity index is 1040. The number of para-hydroxylation sites is 1. The molecule has 1 N–H and O–H groups in total. The summed E-state index contributed by atoms with van der Waals surface area (Å²) in [6.45, 7) is 2.19. The molecule has 1 heterocycles. The van der Waals surface area contributed by atoms with Gasteiger partial charge in [0.15, 0.2) is 0 Å². The molecule has 2 aromatic rings. The topological polar surface area (TPSA) is 108 Å². The van der Waals surface area contributed by atoms with Gasteiger partial charge in [0.2, 0.25) is 0 Å². The van der Waals surface area contributed by atoms with Crippen molar-refractivity contribution in [2.75, 3.05) is 36.5 Å². The highest BCUT2D eigenvalue weighted by Gasteiger charge is 2.20. The lowest BCUT2D eigenvalue weighted by Crippen LogP contribution is -2.36. The van der Waals surface area contributed by atoms with E-state index in [0.717, 1.165) is 0 Å². The second kappa shape index (κ2) is 9.59. The number of non-ortho nitro benzene ring substituents is 1. The molecular weight excluding hydrogens is 431 g/mol.